The fourth-order valence-corrected chi connectivity index (χ4v) is 5.00. The molecule has 1 aliphatic carbocycles. The summed E-state index contributed by atoms with van der Waals surface area (Å²) in [7, 11) is 0.839. The van der Waals surface area contributed by atoms with Gasteiger partial charge in [-0.2, -0.15) is 0 Å². The molecule has 1 unspecified atom stereocenters. The van der Waals surface area contributed by atoms with Gasteiger partial charge in [-0.05, 0) is 56.6 Å². The van der Waals surface area contributed by atoms with Gasteiger partial charge in [0.15, 0.2) is 0 Å². The SMILES string of the molecule is CO/C=C1/CCCCC1CC/C=C(\C)C[Si](C)(C)C. The Balaban J connectivity index is 2.42. The number of rotatable bonds is 6. The molecule has 0 aliphatic heterocycles. The van der Waals surface area contributed by atoms with E-state index < -0.39 is 8.07 Å². The maximum absolute atomic E-state index is 5.23. The summed E-state index contributed by atoms with van der Waals surface area (Å²) in [6.07, 6.45) is 12.4. The van der Waals surface area contributed by atoms with Crippen LogP contribution in [0.5, 0.6) is 0 Å². The van der Waals surface area contributed by atoms with Gasteiger partial charge in [0.2, 0.25) is 0 Å². The van der Waals surface area contributed by atoms with Gasteiger partial charge in [0.1, 0.15) is 0 Å². The van der Waals surface area contributed by atoms with Gasteiger partial charge in [0.25, 0.3) is 0 Å². The fourth-order valence-electron chi connectivity index (χ4n) is 3.19. The van der Waals surface area contributed by atoms with Gasteiger partial charge >= 0.3 is 0 Å². The molecule has 0 bridgehead atoms. The summed E-state index contributed by atoms with van der Waals surface area (Å²) in [6.45, 7) is 9.66. The molecule has 1 nitrogen and oxygen atoms in total. The van der Waals surface area contributed by atoms with Crippen LogP contribution < -0.4 is 0 Å². The van der Waals surface area contributed by atoms with Crippen LogP contribution in [0.1, 0.15) is 45.4 Å². The van der Waals surface area contributed by atoms with E-state index in [1.54, 1.807) is 18.3 Å². The molecule has 19 heavy (non-hydrogen) atoms. The van der Waals surface area contributed by atoms with Crippen LogP contribution in [-0.2, 0) is 4.74 Å². The molecule has 1 saturated carbocycles. The molecular weight excluding hydrogens is 248 g/mol. The topological polar surface area (TPSA) is 9.23 Å². The van der Waals surface area contributed by atoms with Crippen LogP contribution in [0.2, 0.25) is 25.7 Å². The van der Waals surface area contributed by atoms with Crippen molar-refractivity contribution in [1.29, 1.82) is 0 Å². The molecule has 0 saturated heterocycles. The van der Waals surface area contributed by atoms with Crippen molar-refractivity contribution in [3.63, 3.8) is 0 Å². The van der Waals surface area contributed by atoms with Gasteiger partial charge in [0.05, 0.1) is 13.4 Å². The third-order valence-electron chi connectivity index (χ3n) is 3.88. The smallest absolute Gasteiger partial charge is 0.0819 e. The minimum Gasteiger partial charge on any atom is -0.504 e. The molecule has 1 atom stereocenters. The summed E-state index contributed by atoms with van der Waals surface area (Å²) in [5.74, 6) is 0.768. The first kappa shape index (κ1) is 16.6. The third kappa shape index (κ3) is 7.00. The highest BCUT2D eigenvalue weighted by atomic mass is 28.3. The highest BCUT2D eigenvalue weighted by Gasteiger charge is 2.18. The second-order valence-electron chi connectivity index (χ2n) is 7.24. The number of ether oxygens (including phenoxy) is 1. The maximum Gasteiger partial charge on any atom is 0.0819 e. The summed E-state index contributed by atoms with van der Waals surface area (Å²) in [5.41, 5.74) is 3.15. The van der Waals surface area contributed by atoms with Crippen molar-refractivity contribution in [3.05, 3.63) is 23.5 Å². The van der Waals surface area contributed by atoms with Gasteiger partial charge in [-0.25, -0.2) is 0 Å². The Morgan fingerprint density at radius 1 is 1.32 bits per heavy atom. The Hall–Kier alpha value is -0.503. The molecule has 0 aromatic heterocycles. The Kier molecular flexibility index (Phi) is 6.91. The van der Waals surface area contributed by atoms with Gasteiger partial charge in [-0.1, -0.05) is 37.7 Å². The minimum atomic E-state index is -0.936. The Labute approximate surface area is 121 Å². The van der Waals surface area contributed by atoms with Crippen molar-refractivity contribution in [2.75, 3.05) is 7.11 Å². The van der Waals surface area contributed by atoms with E-state index in [9.17, 15) is 0 Å². The Bertz CT molecular complexity index is 323. The number of hydrogen-bond acceptors (Lipinski definition) is 1. The van der Waals surface area contributed by atoms with E-state index in [4.69, 9.17) is 4.74 Å². The highest BCUT2D eigenvalue weighted by Crippen LogP contribution is 2.33. The molecule has 0 radical (unpaired) electrons. The average Bonchev–Trinajstić information content (AvgIpc) is 2.29. The lowest BCUT2D eigenvalue weighted by molar-refractivity contribution is 0.315. The zero-order valence-corrected chi connectivity index (χ0v) is 14.6. The quantitative estimate of drug-likeness (QED) is 0.341. The van der Waals surface area contributed by atoms with Crippen LogP contribution in [0.4, 0.5) is 0 Å². The zero-order valence-electron chi connectivity index (χ0n) is 13.6. The highest BCUT2D eigenvalue weighted by molar-refractivity contribution is 6.76. The van der Waals surface area contributed by atoms with Gasteiger partial charge in [-0.15, -0.1) is 0 Å². The van der Waals surface area contributed by atoms with Crippen molar-refractivity contribution in [2.45, 2.75) is 71.1 Å². The molecule has 1 fully saturated rings. The van der Waals surface area contributed by atoms with Crippen molar-refractivity contribution < 1.29 is 4.74 Å². The van der Waals surface area contributed by atoms with Gasteiger partial charge < -0.3 is 4.74 Å². The van der Waals surface area contributed by atoms with Crippen LogP contribution in [0, 0.1) is 5.92 Å². The molecule has 0 amide bonds. The molecular formula is C17H32OSi. The lowest BCUT2D eigenvalue weighted by Crippen LogP contribution is -2.19. The average molecular weight is 281 g/mol. The summed E-state index contributed by atoms with van der Waals surface area (Å²) < 4.78 is 5.23. The summed E-state index contributed by atoms with van der Waals surface area (Å²) in [4.78, 5) is 0. The minimum absolute atomic E-state index is 0.768. The lowest BCUT2D eigenvalue weighted by atomic mass is 9.82. The summed E-state index contributed by atoms with van der Waals surface area (Å²) in [5, 5.41) is 0. The second kappa shape index (κ2) is 7.93. The molecule has 0 aromatic carbocycles. The van der Waals surface area contributed by atoms with Crippen molar-refractivity contribution in [1.82, 2.24) is 0 Å². The summed E-state index contributed by atoms with van der Waals surface area (Å²) in [6, 6.07) is 1.35. The van der Waals surface area contributed by atoms with E-state index in [1.807, 2.05) is 6.26 Å². The van der Waals surface area contributed by atoms with E-state index in [-0.39, 0.29) is 0 Å². The summed E-state index contributed by atoms with van der Waals surface area (Å²) >= 11 is 0. The zero-order chi connectivity index (χ0) is 14.3. The third-order valence-corrected chi connectivity index (χ3v) is 5.50. The van der Waals surface area contributed by atoms with Crippen molar-refractivity contribution in [2.24, 2.45) is 5.92 Å². The predicted molar refractivity (Wildman–Crippen MR) is 88.2 cm³/mol. The van der Waals surface area contributed by atoms with Crippen LogP contribution in [0.3, 0.4) is 0 Å². The first-order valence-corrected chi connectivity index (χ1v) is 11.5. The molecule has 0 N–H and O–H groups in total. The maximum atomic E-state index is 5.23. The normalized spacial score (nSPS) is 23.7. The first-order chi connectivity index (χ1) is 8.92. The molecule has 1 aliphatic rings. The number of allylic oxidation sites excluding steroid dienone is 3. The van der Waals surface area contributed by atoms with E-state index in [2.05, 4.69) is 32.6 Å². The molecule has 0 aromatic rings. The molecule has 0 spiro atoms. The molecule has 0 heterocycles. The van der Waals surface area contributed by atoms with Crippen LogP contribution >= 0.6 is 0 Å². The lowest BCUT2D eigenvalue weighted by Gasteiger charge is -2.24. The standard InChI is InChI=1S/C17H32OSi/c1-15(14-19(3,4)5)9-8-12-16-10-6-7-11-17(16)13-18-2/h9,13,16H,6-8,10-12,14H2,1-5H3/b15-9+,17-13-. The molecule has 110 valence electrons. The Morgan fingerprint density at radius 3 is 2.68 bits per heavy atom. The van der Waals surface area contributed by atoms with E-state index in [0.29, 0.717) is 0 Å². The van der Waals surface area contributed by atoms with Gasteiger partial charge in [-0.3, -0.25) is 0 Å². The molecule has 2 heteroatoms. The van der Waals surface area contributed by atoms with Crippen LogP contribution in [0.25, 0.3) is 0 Å². The second-order valence-corrected chi connectivity index (χ2v) is 12.7. The van der Waals surface area contributed by atoms with E-state index >= 15 is 0 Å². The Morgan fingerprint density at radius 2 is 2.05 bits per heavy atom. The number of methoxy groups -OCH3 is 1. The largest absolute Gasteiger partial charge is 0.504 e. The van der Waals surface area contributed by atoms with Gasteiger partial charge in [0, 0.05) is 8.07 Å². The van der Waals surface area contributed by atoms with E-state index in [1.165, 1.54) is 44.6 Å². The first-order valence-electron chi connectivity index (χ1n) is 7.80. The molecule has 1 rings (SSSR count). The van der Waals surface area contributed by atoms with Crippen molar-refractivity contribution >= 4 is 8.07 Å². The number of hydrogen-bond donors (Lipinski definition) is 0. The fraction of sp³-hybridized carbons (Fsp3) is 0.765. The predicted octanol–water partition coefficient (Wildman–Crippen LogP) is 5.77. The van der Waals surface area contributed by atoms with Crippen LogP contribution in [0.15, 0.2) is 23.5 Å². The van der Waals surface area contributed by atoms with Crippen molar-refractivity contribution in [3.8, 4) is 0 Å². The van der Waals surface area contributed by atoms with E-state index in [0.717, 1.165) is 5.92 Å². The monoisotopic (exact) mass is 280 g/mol. The van der Waals surface area contributed by atoms with Crippen LogP contribution in [-0.4, -0.2) is 15.2 Å².